The summed E-state index contributed by atoms with van der Waals surface area (Å²) >= 11 is 1.07. The van der Waals surface area contributed by atoms with Crippen molar-refractivity contribution in [2.75, 3.05) is 75.6 Å². The van der Waals surface area contributed by atoms with Crippen molar-refractivity contribution in [1.82, 2.24) is 60.3 Å². The number of amides is 4. The summed E-state index contributed by atoms with van der Waals surface area (Å²) in [5.41, 5.74) is -1.63. The standard InChI is InChI=1S/2C29H48N7O22P3S.2Na/c2*1-26(2,19(39)22(40)32-7-6-15(37)31-8-9-62-25(43)27(3,4)28(5,44)29(45,46)24(41)42)11-55-61(52,53)58-60(50,51)54-10-14-18(57-59(47,48)49)17(38)23(56-14)36-13-35-16-20(30)33-12-34-21(16)36;;/h2*12-14,17-19,23,38-39,44-46H,6-11H2,1-5H3,(H,31,37)(H,32,40)(H,41,42)(H,50,51)(H,52,53)(H2,30,33,34)(H2,47,48,49);;/q;;2*+1/p-2/t2*14-,17-,18-,19+,23-,28?;;/m11../s1. The molecule has 0 radical (unpaired) electrons. The van der Waals surface area contributed by atoms with Crippen LogP contribution in [0.15, 0.2) is 25.3 Å². The van der Waals surface area contributed by atoms with Crippen molar-refractivity contribution in [3.63, 3.8) is 0 Å². The molecule has 0 saturated carbocycles. The molecule has 4 amide bonds. The Balaban J connectivity index is 0.000000640. The van der Waals surface area contributed by atoms with Gasteiger partial charge in [0.05, 0.1) is 49.9 Å². The predicted octanol–water partition coefficient (Wildman–Crippen LogP) is -14.2. The third kappa shape index (κ3) is 30.4. The molecule has 0 aromatic carbocycles. The summed E-state index contributed by atoms with van der Waals surface area (Å²) in [4.78, 5) is 199. The van der Waals surface area contributed by atoms with Crippen LogP contribution in [0, 0.1) is 21.7 Å². The van der Waals surface area contributed by atoms with Crippen LogP contribution < -0.4 is 102 Å². The third-order valence-corrected chi connectivity index (χ3v) is 27.4. The van der Waals surface area contributed by atoms with Gasteiger partial charge in [-0.15, -0.1) is 0 Å². The molecule has 58 nitrogen and oxygen atoms in total. The van der Waals surface area contributed by atoms with E-state index in [0.717, 1.165) is 76.0 Å². The number of carboxylic acids is 2. The minimum atomic E-state index is -5.63. The molecule has 68 heteroatoms. The Hall–Kier alpha value is -4.18. The molecular formula is C58H94N14Na2O44P6S2. The van der Waals surface area contributed by atoms with Gasteiger partial charge < -0.3 is 152 Å². The monoisotopic (exact) mass is 1990 g/mol. The number of ether oxygens (including phenoxy) is 2. The molecule has 0 aliphatic carbocycles. The number of thioether (sulfide) groups is 2. The number of aliphatic hydroxyl groups excluding tert-OH is 4. The second kappa shape index (κ2) is 45.2. The Morgan fingerprint density at radius 3 is 1.09 bits per heavy atom. The molecular weight excluding hydrogens is 1890 g/mol. The topological polar surface area (TPSA) is 929 Å². The van der Waals surface area contributed by atoms with Crippen LogP contribution in [-0.2, 0) is 111 Å². The van der Waals surface area contributed by atoms with Crippen LogP contribution in [0.2, 0.25) is 0 Å². The van der Waals surface area contributed by atoms with Crippen LogP contribution >= 0.6 is 70.5 Å². The molecule has 6 rings (SSSR count). The van der Waals surface area contributed by atoms with E-state index in [1.54, 1.807) is 0 Å². The van der Waals surface area contributed by atoms with Gasteiger partial charge in [-0.2, -0.15) is 8.62 Å². The molecule has 2 aliphatic heterocycles. The summed E-state index contributed by atoms with van der Waals surface area (Å²) in [5.74, 6) is -16.3. The van der Waals surface area contributed by atoms with E-state index in [2.05, 4.69) is 68.8 Å². The van der Waals surface area contributed by atoms with E-state index in [4.69, 9.17) is 39.0 Å². The van der Waals surface area contributed by atoms with Crippen molar-refractivity contribution in [2.24, 2.45) is 21.7 Å². The first-order valence-corrected chi connectivity index (χ1v) is 46.3. The van der Waals surface area contributed by atoms with Crippen LogP contribution in [0.4, 0.5) is 11.6 Å². The molecule has 26 N–H and O–H groups in total. The summed E-state index contributed by atoms with van der Waals surface area (Å²) in [6, 6.07) is 0. The van der Waals surface area contributed by atoms with E-state index >= 15 is 0 Å². The molecule has 126 heavy (non-hydrogen) atoms. The number of rotatable bonds is 46. The summed E-state index contributed by atoms with van der Waals surface area (Å²) in [7, 11) is -33.1. The van der Waals surface area contributed by atoms with E-state index in [9.17, 15) is 166 Å². The van der Waals surface area contributed by atoms with Crippen molar-refractivity contribution in [3.05, 3.63) is 25.3 Å². The zero-order chi connectivity index (χ0) is 94.9. The summed E-state index contributed by atoms with van der Waals surface area (Å²) in [6.45, 7) is 5.19. The van der Waals surface area contributed by atoms with Gasteiger partial charge in [-0.3, -0.25) is 65.0 Å². The first-order valence-electron chi connectivity index (χ1n) is 35.2. The van der Waals surface area contributed by atoms with Gasteiger partial charge in [-0.05, 0) is 41.5 Å². The first kappa shape index (κ1) is 116. The number of aliphatic hydroxyl groups is 10. The van der Waals surface area contributed by atoms with Crippen molar-refractivity contribution in [3.8, 4) is 0 Å². The molecule has 2 fully saturated rings. The Kier molecular flexibility index (Phi) is 41.6. The van der Waals surface area contributed by atoms with Crippen LogP contribution in [0.5, 0.6) is 0 Å². The number of hydrogen-bond acceptors (Lipinski definition) is 46. The number of imidazole rings is 2. The largest absolute Gasteiger partial charge is 1.00 e. The van der Waals surface area contributed by atoms with E-state index in [1.165, 1.54) is 27.7 Å². The smallest absolute Gasteiger partial charge is 0.544 e. The van der Waals surface area contributed by atoms with Gasteiger partial charge in [0.2, 0.25) is 35.2 Å². The fraction of sp³-hybridized carbons (Fsp3) is 0.690. The average Bonchev–Trinajstić information content (AvgIpc) is 1.28. The molecule has 2 aliphatic rings. The van der Waals surface area contributed by atoms with Gasteiger partial charge in [-0.25, -0.2) is 57.3 Å². The minimum absolute atomic E-state index is 0. The molecule has 6 unspecified atom stereocenters. The number of hydrogen-bond donors (Lipinski definition) is 24. The Bertz CT molecular complexity index is 4540. The van der Waals surface area contributed by atoms with Gasteiger partial charge in [-0.1, -0.05) is 51.2 Å². The Labute approximate surface area is 764 Å². The van der Waals surface area contributed by atoms with E-state index in [-0.39, 0.29) is 144 Å². The number of aromatic nitrogens is 8. The zero-order valence-electron chi connectivity index (χ0n) is 68.5. The Morgan fingerprint density at radius 2 is 0.794 bits per heavy atom. The molecule has 0 spiro atoms. The van der Waals surface area contributed by atoms with Crippen molar-refractivity contribution in [2.45, 2.75) is 166 Å². The van der Waals surface area contributed by atoms with Gasteiger partial charge in [0.1, 0.15) is 95.7 Å². The van der Waals surface area contributed by atoms with E-state index in [0.29, 0.717) is 23.5 Å². The predicted molar refractivity (Wildman–Crippen MR) is 407 cm³/mol. The maximum absolute atomic E-state index is 12.7. The van der Waals surface area contributed by atoms with Crippen molar-refractivity contribution >= 4 is 150 Å². The number of anilines is 2. The second-order valence-electron chi connectivity index (χ2n) is 29.7. The number of nitrogens with two attached hydrogens (primary N) is 2. The number of nitrogens with one attached hydrogen (secondary N) is 4. The molecule has 2 saturated heterocycles. The minimum Gasteiger partial charge on any atom is -0.544 e. The van der Waals surface area contributed by atoms with E-state index in [1.807, 2.05) is 0 Å². The summed E-state index contributed by atoms with van der Waals surface area (Å²) in [5, 5.41) is 133. The van der Waals surface area contributed by atoms with Crippen LogP contribution in [0.1, 0.15) is 94.5 Å². The number of aliphatic carboxylic acids is 2. The number of nitrogen functional groups attached to an aromatic ring is 2. The number of nitrogens with zero attached hydrogens (tertiary/aromatic N) is 8. The number of carboxylic acid groups (broad SMARTS) is 2. The maximum Gasteiger partial charge on any atom is 1.00 e. The number of carbonyl (C=O) groups excluding carboxylic acids is 8. The third-order valence-electron chi connectivity index (χ3n) is 18.9. The fourth-order valence-corrected chi connectivity index (χ4v) is 18.1. The summed E-state index contributed by atoms with van der Waals surface area (Å²) < 4.78 is 124. The molecule has 704 valence electrons. The maximum atomic E-state index is 12.7. The van der Waals surface area contributed by atoms with Gasteiger partial charge >= 0.3 is 106 Å². The molecule has 16 atom stereocenters. The first-order chi connectivity index (χ1) is 56.3. The Morgan fingerprint density at radius 1 is 0.492 bits per heavy atom. The summed E-state index contributed by atoms with van der Waals surface area (Å²) in [6.07, 6.45) is -14.8. The van der Waals surface area contributed by atoms with Crippen LogP contribution in [-0.4, -0.2) is 311 Å². The normalized spacial score (nSPS) is 21.9. The number of phosphoric acid groups is 6. The number of carbonyl (C=O) groups is 8. The zero-order valence-corrected chi connectivity index (χ0v) is 79.5. The number of phosphoric ester groups is 6. The molecule has 4 aromatic rings. The SMILES string of the molecule is CC(C)(COP(=O)(O)OP(=O)(O)OC[C@H]1O[C@@H](n2cnc3c(N)ncnc32)[C@H](O)[C@@H]1OP(=O)(O)O)[C@@H](O)C(=O)NCCC(=O)NCCSC(=O)C(C)(C)C(C)(O)C(O)(O)C(=O)[O-].CC(C)(COP(=O)(O)OP(=O)(O)OC[C@H]1O[C@@H](n2cnc3c(N)ncnc32)[C@H](O)[C@@H]1OP(=O)(O)O)[C@@H](O)C(=O)NCCC(=O)NCCSC(=O)C(C)(C)C(C)(O)C(O)(O)C(=O)[O-].[Na+].[Na+]. The quantitative estimate of drug-likeness (QED) is 0.00845. The van der Waals surface area contributed by atoms with Crippen molar-refractivity contribution in [1.29, 1.82) is 0 Å². The molecule has 6 heterocycles. The van der Waals surface area contributed by atoms with Crippen LogP contribution in [0.25, 0.3) is 22.3 Å². The fourth-order valence-electron chi connectivity index (χ4n) is 10.6. The van der Waals surface area contributed by atoms with Gasteiger partial charge in [0.15, 0.2) is 45.6 Å². The van der Waals surface area contributed by atoms with Gasteiger partial charge in [0.25, 0.3) is 0 Å². The van der Waals surface area contributed by atoms with Crippen molar-refractivity contribution < 1.29 is 271 Å². The van der Waals surface area contributed by atoms with Crippen LogP contribution in [0.3, 0.4) is 0 Å². The molecule has 4 aromatic heterocycles. The van der Waals surface area contributed by atoms with E-state index < -0.39 is 225 Å². The second-order valence-corrected chi connectivity index (χ2v) is 40.3. The molecule has 0 bridgehead atoms. The average molecular weight is 1990 g/mol. The number of fused-ring (bicyclic) bond motifs is 2. The van der Waals surface area contributed by atoms with Gasteiger partial charge in [0, 0.05) is 61.4 Å².